The summed E-state index contributed by atoms with van der Waals surface area (Å²) in [7, 11) is -1.17. The van der Waals surface area contributed by atoms with Crippen molar-refractivity contribution in [1.82, 2.24) is 24.9 Å². The number of hydrogen-bond acceptors (Lipinski definition) is 7. The molecule has 4 heterocycles. The van der Waals surface area contributed by atoms with E-state index in [0.29, 0.717) is 41.8 Å². The van der Waals surface area contributed by atoms with Gasteiger partial charge in [-0.3, -0.25) is 4.98 Å². The largest absolute Gasteiger partial charge is 0.383 e. The number of nitrogens with zero attached hydrogens (tertiary/aromatic N) is 4. The van der Waals surface area contributed by atoms with Gasteiger partial charge in [0.05, 0.1) is 28.9 Å². The Morgan fingerprint density at radius 3 is 2.75 bits per heavy atom. The molecule has 0 amide bonds. The van der Waals surface area contributed by atoms with Crippen LogP contribution >= 0.6 is 0 Å². The van der Waals surface area contributed by atoms with Crippen LogP contribution in [0.5, 0.6) is 0 Å². The molecular weight excluding hydrogens is 431 g/mol. The van der Waals surface area contributed by atoms with Gasteiger partial charge in [0.15, 0.2) is 5.65 Å². The normalized spacial score (nSPS) is 16.7. The molecule has 1 aromatic carbocycles. The predicted octanol–water partition coefficient (Wildman–Crippen LogP) is 2.68. The van der Waals surface area contributed by atoms with Crippen LogP contribution in [0.25, 0.3) is 27.7 Å². The maximum absolute atomic E-state index is 13.7. The topological polar surface area (TPSA) is 115 Å². The molecule has 32 heavy (non-hydrogen) atoms. The van der Waals surface area contributed by atoms with Gasteiger partial charge in [-0.05, 0) is 44.2 Å². The maximum Gasteiger partial charge on any atom is 0.165 e. The molecule has 8 nitrogen and oxygen atoms in total. The second-order valence-electron chi connectivity index (χ2n) is 8.17. The minimum Gasteiger partial charge on any atom is -0.383 e. The van der Waals surface area contributed by atoms with Crippen LogP contribution in [0.4, 0.5) is 10.2 Å². The molecule has 0 saturated carbocycles. The number of hydrogen-bond donors (Lipinski definition) is 2. The van der Waals surface area contributed by atoms with E-state index in [1.165, 1.54) is 12.1 Å². The molecule has 0 bridgehead atoms. The number of aromatic nitrogens is 4. The fourth-order valence-electron chi connectivity index (χ4n) is 4.38. The molecule has 1 aliphatic heterocycles. The summed E-state index contributed by atoms with van der Waals surface area (Å²) in [5.41, 5.74) is 10.9. The molecule has 0 aliphatic carbocycles. The summed E-state index contributed by atoms with van der Waals surface area (Å²) in [6.07, 6.45) is 4.42. The average Bonchev–Trinajstić information content (AvgIpc) is 3.19. The number of nitrogen functional groups attached to an aromatic ring is 1. The zero-order valence-corrected chi connectivity index (χ0v) is 18.4. The first-order valence-electron chi connectivity index (χ1n) is 10.4. The summed E-state index contributed by atoms with van der Waals surface area (Å²) in [5, 5.41) is 8.25. The lowest BCUT2D eigenvalue weighted by molar-refractivity contribution is 0.541. The number of fused-ring (bicyclic) bond motifs is 2. The maximum atomic E-state index is 13.7. The van der Waals surface area contributed by atoms with E-state index in [2.05, 4.69) is 15.4 Å². The highest BCUT2D eigenvalue weighted by Crippen LogP contribution is 2.35. The standard InChI is InChI=1S/C22H23FN6O2S/c1-25-11-18-20(13-4-6-32(30,31)7-5-13)28-22-17(12-27-29(22)21(18)24)15-8-14-9-16(23)2-3-19(14)26-10-15/h2-3,8-10,12-13,25H,4-7,11,24H2,1H3. The van der Waals surface area contributed by atoms with E-state index in [1.807, 2.05) is 13.1 Å². The Morgan fingerprint density at radius 2 is 2.00 bits per heavy atom. The number of nitrogens with one attached hydrogen (secondary N) is 1. The average molecular weight is 455 g/mol. The zero-order valence-electron chi connectivity index (χ0n) is 17.5. The zero-order chi connectivity index (χ0) is 22.5. The van der Waals surface area contributed by atoms with Crippen molar-refractivity contribution >= 4 is 32.2 Å². The number of nitrogens with two attached hydrogens (primary N) is 1. The molecule has 5 rings (SSSR count). The van der Waals surface area contributed by atoms with Gasteiger partial charge < -0.3 is 11.1 Å². The van der Waals surface area contributed by atoms with E-state index in [0.717, 1.165) is 22.4 Å². The highest BCUT2D eigenvalue weighted by atomic mass is 32.2. The van der Waals surface area contributed by atoms with Gasteiger partial charge in [0, 0.05) is 40.7 Å². The first-order valence-corrected chi connectivity index (χ1v) is 12.2. The third kappa shape index (κ3) is 3.59. The molecule has 0 radical (unpaired) electrons. The Balaban J connectivity index is 1.67. The number of anilines is 1. The van der Waals surface area contributed by atoms with Crippen LogP contribution in [0.3, 0.4) is 0 Å². The third-order valence-corrected chi connectivity index (χ3v) is 7.78. The van der Waals surface area contributed by atoms with E-state index in [1.54, 1.807) is 23.0 Å². The summed E-state index contributed by atoms with van der Waals surface area (Å²) >= 11 is 0. The van der Waals surface area contributed by atoms with Crippen molar-refractivity contribution in [2.75, 3.05) is 24.3 Å². The summed E-state index contributed by atoms with van der Waals surface area (Å²) in [4.78, 5) is 9.39. The second-order valence-corrected chi connectivity index (χ2v) is 10.5. The number of benzene rings is 1. The highest BCUT2D eigenvalue weighted by Gasteiger charge is 2.29. The lowest BCUT2D eigenvalue weighted by atomic mass is 9.94. The van der Waals surface area contributed by atoms with Gasteiger partial charge in [0.1, 0.15) is 21.5 Å². The Hall–Kier alpha value is -3.11. The van der Waals surface area contributed by atoms with E-state index >= 15 is 0 Å². The van der Waals surface area contributed by atoms with Gasteiger partial charge in [-0.2, -0.15) is 9.61 Å². The number of pyridine rings is 1. The van der Waals surface area contributed by atoms with Crippen molar-refractivity contribution < 1.29 is 12.8 Å². The number of sulfone groups is 1. The molecular formula is C22H23FN6O2S. The molecule has 1 saturated heterocycles. The quantitative estimate of drug-likeness (QED) is 0.487. The molecule has 0 spiro atoms. The molecule has 1 aliphatic rings. The van der Waals surface area contributed by atoms with Crippen molar-refractivity contribution in [3.8, 4) is 11.1 Å². The van der Waals surface area contributed by atoms with E-state index in [-0.39, 0.29) is 23.2 Å². The Morgan fingerprint density at radius 1 is 1.22 bits per heavy atom. The van der Waals surface area contributed by atoms with Gasteiger partial charge in [-0.1, -0.05) is 0 Å². The predicted molar refractivity (Wildman–Crippen MR) is 121 cm³/mol. The summed E-state index contributed by atoms with van der Waals surface area (Å²) in [6, 6.07) is 6.32. The van der Waals surface area contributed by atoms with Gasteiger partial charge in [-0.25, -0.2) is 17.8 Å². The van der Waals surface area contributed by atoms with Gasteiger partial charge >= 0.3 is 0 Å². The Kier molecular flexibility index (Phi) is 5.06. The van der Waals surface area contributed by atoms with E-state index in [4.69, 9.17) is 10.7 Å². The Labute approximate surface area is 184 Å². The summed E-state index contributed by atoms with van der Waals surface area (Å²) in [5.74, 6) is 0.440. The highest BCUT2D eigenvalue weighted by molar-refractivity contribution is 7.91. The van der Waals surface area contributed by atoms with E-state index in [9.17, 15) is 12.8 Å². The molecule has 0 unspecified atom stereocenters. The molecule has 1 fully saturated rings. The molecule has 10 heteroatoms. The van der Waals surface area contributed by atoms with Crippen LogP contribution < -0.4 is 11.1 Å². The van der Waals surface area contributed by atoms with Crippen molar-refractivity contribution in [1.29, 1.82) is 0 Å². The van der Waals surface area contributed by atoms with Gasteiger partial charge in [-0.15, -0.1) is 0 Å². The third-order valence-electron chi connectivity index (χ3n) is 6.07. The molecule has 3 aromatic heterocycles. The van der Waals surface area contributed by atoms with Crippen LogP contribution in [0.2, 0.25) is 0 Å². The molecule has 0 atom stereocenters. The minimum atomic E-state index is -3.00. The first-order chi connectivity index (χ1) is 15.4. The summed E-state index contributed by atoms with van der Waals surface area (Å²) in [6.45, 7) is 0.499. The number of rotatable bonds is 4. The minimum absolute atomic E-state index is 0.000694. The second kappa shape index (κ2) is 7.79. The molecule has 3 N–H and O–H groups in total. The first kappa shape index (κ1) is 20.8. The van der Waals surface area contributed by atoms with Crippen molar-refractivity contribution in [3.63, 3.8) is 0 Å². The number of halogens is 1. The SMILES string of the molecule is CNCc1c(C2CCS(=O)(=O)CC2)nc2c(-c3cnc4ccc(F)cc4c3)cnn2c1N. The van der Waals surface area contributed by atoms with Crippen LogP contribution in [0.1, 0.15) is 30.0 Å². The summed E-state index contributed by atoms with van der Waals surface area (Å²) < 4.78 is 39.2. The monoisotopic (exact) mass is 454 g/mol. The Bertz CT molecular complexity index is 1440. The molecule has 166 valence electrons. The van der Waals surface area contributed by atoms with Gasteiger partial charge in [0.2, 0.25) is 0 Å². The fraction of sp³-hybridized carbons (Fsp3) is 0.318. The fourth-order valence-corrected chi connectivity index (χ4v) is 5.87. The smallest absolute Gasteiger partial charge is 0.165 e. The lowest BCUT2D eigenvalue weighted by Gasteiger charge is -2.24. The van der Waals surface area contributed by atoms with Crippen LogP contribution in [0.15, 0.2) is 36.7 Å². The van der Waals surface area contributed by atoms with E-state index < -0.39 is 9.84 Å². The van der Waals surface area contributed by atoms with Gasteiger partial charge in [0.25, 0.3) is 0 Å². The van der Waals surface area contributed by atoms with Crippen LogP contribution in [-0.4, -0.2) is 46.6 Å². The van der Waals surface area contributed by atoms with Crippen LogP contribution in [-0.2, 0) is 16.4 Å². The van der Waals surface area contributed by atoms with Crippen molar-refractivity contribution in [3.05, 3.63) is 53.7 Å². The molecule has 4 aromatic rings. The van der Waals surface area contributed by atoms with Crippen LogP contribution in [0, 0.1) is 5.82 Å². The van der Waals surface area contributed by atoms with Crippen molar-refractivity contribution in [2.45, 2.75) is 25.3 Å². The van der Waals surface area contributed by atoms with Crippen molar-refractivity contribution in [2.24, 2.45) is 0 Å². The lowest BCUT2D eigenvalue weighted by Crippen LogP contribution is -2.25.